The smallest absolute Gasteiger partial charge is 0.344 e. The number of hydrogen-bond donors (Lipinski definition) is 0. The summed E-state index contributed by atoms with van der Waals surface area (Å²) in [4.78, 5) is 107. The summed E-state index contributed by atoms with van der Waals surface area (Å²) in [6, 6.07) is 76.7. The molecule has 1 atom stereocenters. The molecule has 20 nitrogen and oxygen atoms in total. The van der Waals surface area contributed by atoms with Gasteiger partial charge in [0.05, 0.1) is 37.3 Å². The molecule has 12 aromatic carbocycles. The third-order valence-electron chi connectivity index (χ3n) is 26.9. The predicted molar refractivity (Wildman–Crippen MR) is 583 cm³/mol. The number of carbonyl (C=O) groups is 7. The van der Waals surface area contributed by atoms with Crippen molar-refractivity contribution in [1.82, 2.24) is 0 Å². The number of rotatable bonds is 43. The fourth-order valence-electron chi connectivity index (χ4n) is 18.5. The minimum absolute atomic E-state index is 0. The van der Waals surface area contributed by atoms with Gasteiger partial charge in [-0.3, -0.25) is 19.2 Å². The van der Waals surface area contributed by atoms with E-state index in [1.54, 1.807) is 279 Å². The molecule has 12 rings (SSSR count). The second-order valence-corrected chi connectivity index (χ2v) is 52.2. The molecular weight excluding hydrogens is 1900 g/mol. The van der Waals surface area contributed by atoms with Crippen molar-refractivity contribution in [2.24, 2.45) is 10.8 Å². The van der Waals surface area contributed by atoms with Gasteiger partial charge in [0.2, 0.25) is 50.7 Å². The van der Waals surface area contributed by atoms with Crippen molar-refractivity contribution in [3.8, 4) is 23.0 Å². The standard InChI is InChI=1S/C120H136O20P4.CH4/c1-23-119(74-132-65-66-134-107-84(7)103(80(3)67-96(107)115(11,12)13)111(124)141(128,88-49-33-25-34-50-88)89-51-35-26-36-52-89,77-138-100(121)71-135-108-85(8)104(81(4)68-97(108)116(14,15)16)112(125)142(129,90-53-37-27-38-54-90)91-55-39-28-40-56-91)75-133-76-120(24-2,78-139-101(122)72-136-109-86(9)105(82(5)69-98(109)117(17,18)19)113(126)143(130,92-57-41-29-42-58-92)93-59-43-30-44-60-93)79-140-102(123)73-137-110-87(10)106(83(6)70-99(110)118(20,21)22)114(127)144(131,94-61-45-31-46-62-94)95-63-47-32-48-64-95;/h25-64,67-70H,23-24,65-66,71-79H2,1-22H3;1H4. The van der Waals surface area contributed by atoms with E-state index in [9.17, 15) is 14.4 Å². The van der Waals surface area contributed by atoms with Crippen LogP contribution in [0, 0.1) is 66.2 Å². The van der Waals surface area contributed by atoms with Crippen LogP contribution in [0.5, 0.6) is 23.0 Å². The average Bonchev–Trinajstić information content (AvgIpc) is 0.752. The van der Waals surface area contributed by atoms with Crippen LogP contribution in [0.4, 0.5) is 0 Å². The number of carbonyl (C=O) groups excluding carboxylic acids is 7. The van der Waals surface area contributed by atoms with Crippen molar-refractivity contribution in [3.05, 3.63) is 356 Å². The van der Waals surface area contributed by atoms with Crippen molar-refractivity contribution in [1.29, 1.82) is 0 Å². The Balaban J connectivity index is 0.0000200. The Hall–Kier alpha value is -12.2. The number of esters is 3. The van der Waals surface area contributed by atoms with Gasteiger partial charge in [0, 0.05) is 109 Å². The minimum Gasteiger partial charge on any atom is -0.491 e. The van der Waals surface area contributed by atoms with Crippen molar-refractivity contribution in [2.45, 2.75) is 194 Å². The molecule has 0 spiro atoms. The topological polar surface area (TPSA) is 271 Å². The number of ether oxygens (including phenoxy) is 9. The number of aryl methyl sites for hydroxylation is 4. The predicted octanol–water partition coefficient (Wildman–Crippen LogP) is 23.7. The van der Waals surface area contributed by atoms with Gasteiger partial charge < -0.3 is 60.9 Å². The zero-order chi connectivity index (χ0) is 105. The molecule has 0 saturated heterocycles. The molecule has 0 heterocycles. The molecule has 0 fully saturated rings. The largest absolute Gasteiger partial charge is 0.491 e. The molecule has 0 aliphatic rings. The molecule has 0 saturated carbocycles. The lowest BCUT2D eigenvalue weighted by molar-refractivity contribution is -0.163. The fourth-order valence-corrected chi connectivity index (χ4v) is 28.9. The Morgan fingerprint density at radius 1 is 0.248 bits per heavy atom. The maximum absolute atomic E-state index is 15.8. The molecule has 0 N–H and O–H groups in total. The van der Waals surface area contributed by atoms with E-state index >= 15 is 37.4 Å². The van der Waals surface area contributed by atoms with E-state index in [0.29, 0.717) is 109 Å². The lowest BCUT2D eigenvalue weighted by Crippen LogP contribution is -2.43. The Morgan fingerprint density at radius 3 is 0.614 bits per heavy atom. The van der Waals surface area contributed by atoms with Gasteiger partial charge in [0.15, 0.2) is 19.8 Å². The maximum Gasteiger partial charge on any atom is 0.344 e. The summed E-state index contributed by atoms with van der Waals surface area (Å²) in [6.07, 6.45) is 0.333. The van der Waals surface area contributed by atoms with Gasteiger partial charge >= 0.3 is 17.9 Å². The molecule has 0 bridgehead atoms. The maximum atomic E-state index is 15.8. The summed E-state index contributed by atoms with van der Waals surface area (Å²) in [5, 5.41) is 2.81. The van der Waals surface area contributed by atoms with Crippen LogP contribution in [-0.2, 0) is 78.0 Å². The van der Waals surface area contributed by atoms with Gasteiger partial charge in [-0.15, -0.1) is 0 Å². The van der Waals surface area contributed by atoms with Crippen LogP contribution in [0.2, 0.25) is 0 Å². The van der Waals surface area contributed by atoms with E-state index in [4.69, 9.17) is 42.6 Å². The highest BCUT2D eigenvalue weighted by Crippen LogP contribution is 2.56. The lowest BCUT2D eigenvalue weighted by atomic mass is 9.83. The fraction of sp³-hybridized carbons (Fsp3) is 0.347. The SMILES string of the molecule is C.CCC(COCCOc1c(C(C)(C)C)cc(C)c(C(=O)P(=O)(c2ccccc2)c2ccccc2)c1C)(COCC(CC)(COC(=O)COc1c(C(C)(C)C)cc(C)c(C(=O)P(=O)(c2ccccc2)c2ccccc2)c1C)COC(=O)COc1c(C(C)(C)C)cc(C)c(C(=O)P(=O)(c2ccccc2)c2ccccc2)c1C)COC(=O)COc1c(C(C)(C)C)cc(C)c(C(=O)P(=O)(c2ccccc2)c2ccccc2)c1C. The molecule has 0 radical (unpaired) electrons. The Kier molecular flexibility index (Phi) is 36.7. The molecule has 1 unspecified atom stereocenters. The third kappa shape index (κ3) is 24.7. The number of hydrogen-bond acceptors (Lipinski definition) is 20. The van der Waals surface area contributed by atoms with Crippen LogP contribution in [0.25, 0.3) is 0 Å². The average molecular weight is 2040 g/mol. The first-order valence-corrected chi connectivity index (χ1v) is 55.7. The Labute approximate surface area is 856 Å². The first kappa shape index (κ1) is 113. The molecule has 145 heavy (non-hydrogen) atoms. The first-order valence-electron chi connectivity index (χ1n) is 48.8. The van der Waals surface area contributed by atoms with E-state index in [0.717, 1.165) is 5.56 Å². The molecule has 0 aliphatic heterocycles. The quantitative estimate of drug-likeness (QED) is 0.0149. The summed E-state index contributed by atoms with van der Waals surface area (Å²) in [7, 11) is -16.2. The molecule has 24 heteroatoms. The van der Waals surface area contributed by atoms with Crippen LogP contribution in [0.1, 0.15) is 225 Å². The summed E-state index contributed by atoms with van der Waals surface area (Å²) in [5.74, 6) is -1.48. The van der Waals surface area contributed by atoms with Gasteiger partial charge in [0.1, 0.15) is 49.4 Å². The summed E-state index contributed by atoms with van der Waals surface area (Å²) >= 11 is 0. The van der Waals surface area contributed by atoms with E-state index in [2.05, 4.69) is 0 Å². The molecule has 0 aromatic heterocycles. The highest BCUT2D eigenvalue weighted by Gasteiger charge is 2.47. The zero-order valence-electron chi connectivity index (χ0n) is 87.0. The summed E-state index contributed by atoms with van der Waals surface area (Å²) in [5.41, 5.74) is -0.142. The van der Waals surface area contributed by atoms with Crippen molar-refractivity contribution in [2.75, 3.05) is 72.7 Å². The lowest BCUT2D eigenvalue weighted by Gasteiger charge is -2.35. The van der Waals surface area contributed by atoms with Gasteiger partial charge in [-0.05, 0) is 112 Å². The van der Waals surface area contributed by atoms with E-state index in [1.165, 1.54) is 0 Å². The van der Waals surface area contributed by atoms with Crippen LogP contribution in [0.3, 0.4) is 0 Å². The molecule has 0 amide bonds. The van der Waals surface area contributed by atoms with Gasteiger partial charge in [0.25, 0.3) is 0 Å². The van der Waals surface area contributed by atoms with E-state index < -0.39 is 134 Å². The highest BCUT2D eigenvalue weighted by molar-refractivity contribution is 7.95. The van der Waals surface area contributed by atoms with E-state index in [-0.39, 0.29) is 99.4 Å². The van der Waals surface area contributed by atoms with Crippen LogP contribution in [-0.4, -0.2) is 113 Å². The van der Waals surface area contributed by atoms with Crippen LogP contribution >= 0.6 is 28.6 Å². The third-order valence-corrected chi connectivity index (χ3v) is 38.3. The molecule has 764 valence electrons. The van der Waals surface area contributed by atoms with Gasteiger partial charge in [-0.1, -0.05) is 371 Å². The minimum atomic E-state index is -4.08. The van der Waals surface area contributed by atoms with Crippen molar-refractivity contribution in [3.63, 3.8) is 0 Å². The van der Waals surface area contributed by atoms with Gasteiger partial charge in [-0.25, -0.2) is 14.4 Å². The Morgan fingerprint density at radius 2 is 0.428 bits per heavy atom. The molecular formula is C121H140O20P4. The zero-order valence-corrected chi connectivity index (χ0v) is 90.6. The molecule has 12 aromatic rings. The molecule has 0 aliphatic carbocycles. The normalized spacial score (nSPS) is 12.6. The second-order valence-electron chi connectivity index (χ2n) is 41.6. The second kappa shape index (κ2) is 47.1. The van der Waals surface area contributed by atoms with Crippen molar-refractivity contribution < 1.29 is 94.5 Å². The Bertz CT molecular complexity index is 6500. The highest BCUT2D eigenvalue weighted by atomic mass is 31.2. The van der Waals surface area contributed by atoms with Crippen molar-refractivity contribution >= 4 is 111 Å². The van der Waals surface area contributed by atoms with Crippen LogP contribution in [0.15, 0.2) is 267 Å². The van der Waals surface area contributed by atoms with Gasteiger partial charge in [-0.2, -0.15) is 0 Å². The first-order chi connectivity index (χ1) is 68.1. The van der Waals surface area contributed by atoms with E-state index in [1.807, 2.05) is 140 Å². The van der Waals surface area contributed by atoms with Crippen LogP contribution < -0.4 is 61.4 Å². The summed E-state index contributed by atoms with van der Waals surface area (Å²) < 4.78 is 123. The number of benzene rings is 12. The monoisotopic (exact) mass is 2040 g/mol. The summed E-state index contributed by atoms with van der Waals surface area (Å²) in [6.45, 7) is 37.5.